The number of pyridine rings is 1. The highest BCUT2D eigenvalue weighted by Crippen LogP contribution is 2.33. The number of hydrogen-bond donors (Lipinski definition) is 1. The first-order valence-corrected chi connectivity index (χ1v) is 7.22. The van der Waals surface area contributed by atoms with E-state index in [4.69, 9.17) is 10.7 Å². The molecule has 0 saturated heterocycles. The Kier molecular flexibility index (Phi) is 3.42. The van der Waals surface area contributed by atoms with Gasteiger partial charge in [-0.2, -0.15) is 0 Å². The highest BCUT2D eigenvalue weighted by Gasteiger charge is 2.24. The van der Waals surface area contributed by atoms with Gasteiger partial charge in [-0.3, -0.25) is 4.98 Å². The minimum atomic E-state index is -0.374. The zero-order chi connectivity index (χ0) is 15.3. The lowest BCUT2D eigenvalue weighted by atomic mass is 9.84. The van der Waals surface area contributed by atoms with Gasteiger partial charge in [0.05, 0.1) is 5.52 Å². The van der Waals surface area contributed by atoms with Crippen molar-refractivity contribution >= 4 is 10.9 Å². The van der Waals surface area contributed by atoms with Crippen LogP contribution in [0.5, 0.6) is 0 Å². The molecule has 0 aliphatic heterocycles. The smallest absolute Gasteiger partial charge is 0.0714 e. The van der Waals surface area contributed by atoms with Gasteiger partial charge in [-0.25, -0.2) is 0 Å². The first-order chi connectivity index (χ1) is 9.00. The summed E-state index contributed by atoms with van der Waals surface area (Å²) in [7, 11) is 0. The van der Waals surface area contributed by atoms with Crippen molar-refractivity contribution in [3.8, 4) is 0 Å². The molecular weight excluding hydrogens is 244 g/mol. The van der Waals surface area contributed by atoms with E-state index in [1.54, 1.807) is 0 Å². The fraction of sp³-hybridized carbons (Fsp3) is 0.500. The second-order valence-electron chi connectivity index (χ2n) is 7.50. The predicted octanol–water partition coefficient (Wildman–Crippen LogP) is 4.34. The lowest BCUT2D eigenvalue weighted by Crippen LogP contribution is -2.30. The summed E-state index contributed by atoms with van der Waals surface area (Å²) in [5.41, 5.74) is 11.9. The second-order valence-corrected chi connectivity index (χ2v) is 7.50. The number of benzene rings is 1. The molecule has 1 aromatic heterocycles. The average molecular weight is 270 g/mol. The Hall–Kier alpha value is -1.41. The van der Waals surface area contributed by atoms with Crippen LogP contribution in [0, 0.1) is 13.8 Å². The number of rotatable bonds is 1. The Morgan fingerprint density at radius 3 is 2.05 bits per heavy atom. The van der Waals surface area contributed by atoms with E-state index < -0.39 is 0 Å². The summed E-state index contributed by atoms with van der Waals surface area (Å²) in [6.07, 6.45) is 0. The third-order valence-electron chi connectivity index (χ3n) is 3.71. The molecule has 2 aromatic rings. The summed E-state index contributed by atoms with van der Waals surface area (Å²) >= 11 is 0. The fourth-order valence-corrected chi connectivity index (χ4v) is 2.65. The molecule has 20 heavy (non-hydrogen) atoms. The van der Waals surface area contributed by atoms with Gasteiger partial charge in [0.25, 0.3) is 0 Å². The zero-order valence-corrected chi connectivity index (χ0v) is 13.8. The largest absolute Gasteiger partial charge is 0.322 e. The molecule has 2 N–H and O–H groups in total. The van der Waals surface area contributed by atoms with Gasteiger partial charge < -0.3 is 5.73 Å². The van der Waals surface area contributed by atoms with E-state index in [9.17, 15) is 0 Å². The van der Waals surface area contributed by atoms with Gasteiger partial charge in [-0.05, 0) is 56.5 Å². The van der Waals surface area contributed by atoms with Gasteiger partial charge in [0.1, 0.15) is 0 Å². The fourth-order valence-electron chi connectivity index (χ4n) is 2.65. The molecule has 0 aliphatic rings. The first kappa shape index (κ1) is 15.0. The third-order valence-corrected chi connectivity index (χ3v) is 3.71. The van der Waals surface area contributed by atoms with E-state index >= 15 is 0 Å². The van der Waals surface area contributed by atoms with Crippen molar-refractivity contribution in [3.05, 3.63) is 40.6 Å². The first-order valence-electron chi connectivity index (χ1n) is 7.22. The molecule has 108 valence electrons. The molecule has 0 atom stereocenters. The van der Waals surface area contributed by atoms with Crippen LogP contribution in [-0.2, 0) is 11.0 Å². The van der Waals surface area contributed by atoms with E-state index in [2.05, 4.69) is 66.7 Å². The predicted molar refractivity (Wildman–Crippen MR) is 87.1 cm³/mol. The molecule has 1 aromatic carbocycles. The summed E-state index contributed by atoms with van der Waals surface area (Å²) in [4.78, 5) is 4.89. The van der Waals surface area contributed by atoms with E-state index in [1.165, 1.54) is 22.1 Å². The number of fused-ring (bicyclic) bond motifs is 1. The Bertz CT molecular complexity index is 656. The van der Waals surface area contributed by atoms with Gasteiger partial charge in [-0.1, -0.05) is 26.8 Å². The Morgan fingerprint density at radius 2 is 1.55 bits per heavy atom. The highest BCUT2D eigenvalue weighted by molar-refractivity contribution is 5.87. The summed E-state index contributed by atoms with van der Waals surface area (Å²) in [5, 5.41) is 1.20. The molecule has 0 bridgehead atoms. The lowest BCUT2D eigenvalue weighted by molar-refractivity contribution is 0.542. The molecule has 0 saturated carbocycles. The van der Waals surface area contributed by atoms with Crippen LogP contribution in [0.4, 0.5) is 0 Å². The SMILES string of the molecule is Cc1cc(C)c2c(C(C)(C)N)cc(C(C)(C)C)nc2c1. The van der Waals surface area contributed by atoms with Crippen LogP contribution in [0.1, 0.15) is 57.0 Å². The molecular formula is C18H26N2. The van der Waals surface area contributed by atoms with Crippen LogP contribution in [0.25, 0.3) is 10.9 Å². The molecule has 0 radical (unpaired) electrons. The van der Waals surface area contributed by atoms with Crippen LogP contribution in [0.2, 0.25) is 0 Å². The number of hydrogen-bond acceptors (Lipinski definition) is 2. The average Bonchev–Trinajstić information content (AvgIpc) is 2.24. The maximum absolute atomic E-state index is 6.41. The van der Waals surface area contributed by atoms with Crippen LogP contribution in [-0.4, -0.2) is 4.98 Å². The monoisotopic (exact) mass is 270 g/mol. The number of aromatic nitrogens is 1. The Labute approximate surface area is 122 Å². The van der Waals surface area contributed by atoms with Crippen LogP contribution in [0.15, 0.2) is 18.2 Å². The van der Waals surface area contributed by atoms with Crippen LogP contribution < -0.4 is 5.73 Å². The third kappa shape index (κ3) is 2.71. The molecule has 0 spiro atoms. The van der Waals surface area contributed by atoms with Crippen molar-refractivity contribution in [2.75, 3.05) is 0 Å². The topological polar surface area (TPSA) is 38.9 Å². The normalized spacial score (nSPS) is 13.0. The van der Waals surface area contributed by atoms with Gasteiger partial charge in [0.2, 0.25) is 0 Å². The Balaban J connectivity index is 2.93. The minimum absolute atomic E-state index is 0.0197. The van der Waals surface area contributed by atoms with E-state index in [-0.39, 0.29) is 11.0 Å². The highest BCUT2D eigenvalue weighted by atomic mass is 14.8. The molecule has 2 heteroatoms. The summed E-state index contributed by atoms with van der Waals surface area (Å²) < 4.78 is 0. The minimum Gasteiger partial charge on any atom is -0.322 e. The molecule has 2 rings (SSSR count). The van der Waals surface area contributed by atoms with Crippen molar-refractivity contribution in [3.63, 3.8) is 0 Å². The van der Waals surface area contributed by atoms with Crippen LogP contribution >= 0.6 is 0 Å². The Morgan fingerprint density at radius 1 is 0.950 bits per heavy atom. The van der Waals surface area contributed by atoms with Gasteiger partial charge in [0, 0.05) is 22.0 Å². The standard InChI is InChI=1S/C18H26N2/c1-11-8-12(2)16-13(18(6,7)19)10-15(17(3,4)5)20-14(16)9-11/h8-10H,19H2,1-7H3. The lowest BCUT2D eigenvalue weighted by Gasteiger charge is -2.26. The van der Waals surface area contributed by atoms with Gasteiger partial charge in [0.15, 0.2) is 0 Å². The quantitative estimate of drug-likeness (QED) is 0.837. The van der Waals surface area contributed by atoms with E-state index in [1.807, 2.05) is 0 Å². The van der Waals surface area contributed by atoms with E-state index in [0.717, 1.165) is 11.2 Å². The number of nitrogens with zero attached hydrogens (tertiary/aromatic N) is 1. The van der Waals surface area contributed by atoms with Crippen molar-refractivity contribution in [1.29, 1.82) is 0 Å². The molecule has 0 aliphatic carbocycles. The van der Waals surface area contributed by atoms with Crippen molar-refractivity contribution < 1.29 is 0 Å². The molecule has 0 unspecified atom stereocenters. The van der Waals surface area contributed by atoms with E-state index in [0.29, 0.717) is 0 Å². The van der Waals surface area contributed by atoms with Gasteiger partial charge >= 0.3 is 0 Å². The molecule has 0 amide bonds. The van der Waals surface area contributed by atoms with Crippen LogP contribution in [0.3, 0.4) is 0 Å². The maximum atomic E-state index is 6.41. The van der Waals surface area contributed by atoms with Gasteiger partial charge in [-0.15, -0.1) is 0 Å². The summed E-state index contributed by atoms with van der Waals surface area (Å²) in [5.74, 6) is 0. The number of aryl methyl sites for hydroxylation is 2. The zero-order valence-electron chi connectivity index (χ0n) is 13.8. The molecule has 0 fully saturated rings. The van der Waals surface area contributed by atoms with Crippen molar-refractivity contribution in [2.24, 2.45) is 5.73 Å². The van der Waals surface area contributed by atoms with Crippen molar-refractivity contribution in [2.45, 2.75) is 59.4 Å². The summed E-state index contributed by atoms with van der Waals surface area (Å²) in [6, 6.07) is 6.55. The van der Waals surface area contributed by atoms with Crippen molar-refractivity contribution in [1.82, 2.24) is 4.98 Å². The molecule has 1 heterocycles. The second kappa shape index (κ2) is 4.56. The number of nitrogens with two attached hydrogens (primary N) is 1. The maximum Gasteiger partial charge on any atom is 0.0714 e. The summed E-state index contributed by atoms with van der Waals surface area (Å²) in [6.45, 7) is 15.0. The molecule has 2 nitrogen and oxygen atoms in total.